The van der Waals surface area contributed by atoms with Crippen molar-refractivity contribution in [3.63, 3.8) is 0 Å². The summed E-state index contributed by atoms with van der Waals surface area (Å²) in [6.07, 6.45) is 4.08. The van der Waals surface area contributed by atoms with Crippen LogP contribution in [0.1, 0.15) is 40.4 Å². The summed E-state index contributed by atoms with van der Waals surface area (Å²) in [4.78, 5) is 17.9. The molecule has 1 heterocycles. The van der Waals surface area contributed by atoms with Gasteiger partial charge in [-0.1, -0.05) is 30.3 Å². The number of hydrogen-bond donors (Lipinski definition) is 3. The molecule has 2 aromatic rings. The Labute approximate surface area is 139 Å². The topological polar surface area (TPSA) is 74.2 Å². The first kappa shape index (κ1) is 16.0. The van der Waals surface area contributed by atoms with Gasteiger partial charge < -0.3 is 15.7 Å². The van der Waals surface area contributed by atoms with Gasteiger partial charge in [-0.2, -0.15) is 0 Å². The van der Waals surface area contributed by atoms with Gasteiger partial charge in [0.25, 0.3) is 0 Å². The van der Waals surface area contributed by atoms with Crippen molar-refractivity contribution < 1.29 is 9.90 Å². The fourth-order valence-corrected chi connectivity index (χ4v) is 3.51. The maximum Gasteiger partial charge on any atom is 0.315 e. The zero-order chi connectivity index (χ0) is 16.2. The fraction of sp³-hybridized carbons (Fsp3) is 0.412. The first-order valence-electron chi connectivity index (χ1n) is 7.82. The first-order valence-corrected chi connectivity index (χ1v) is 8.64. The quantitative estimate of drug-likeness (QED) is 0.762. The number of benzene rings is 1. The highest BCUT2D eigenvalue weighted by Crippen LogP contribution is 2.42. The van der Waals surface area contributed by atoms with Gasteiger partial charge in [0, 0.05) is 11.1 Å². The minimum absolute atomic E-state index is 0.0381. The lowest BCUT2D eigenvalue weighted by molar-refractivity contribution is 0.213. The first-order chi connectivity index (χ1) is 11.2. The summed E-state index contributed by atoms with van der Waals surface area (Å²) in [5.74, 6) is 0.468. The number of nitrogens with zero attached hydrogens (tertiary/aromatic N) is 1. The van der Waals surface area contributed by atoms with Gasteiger partial charge in [0.1, 0.15) is 5.01 Å². The zero-order valence-corrected chi connectivity index (χ0v) is 13.8. The van der Waals surface area contributed by atoms with Crippen LogP contribution in [0.4, 0.5) is 4.79 Å². The fourth-order valence-electron chi connectivity index (χ4n) is 2.59. The number of carbonyl (C=O) groups is 1. The van der Waals surface area contributed by atoms with Gasteiger partial charge >= 0.3 is 6.03 Å². The lowest BCUT2D eigenvalue weighted by Crippen LogP contribution is -2.41. The average Bonchev–Trinajstić information content (AvgIpc) is 3.32. The van der Waals surface area contributed by atoms with Crippen molar-refractivity contribution in [2.75, 3.05) is 6.61 Å². The van der Waals surface area contributed by atoms with Crippen molar-refractivity contribution in [3.8, 4) is 0 Å². The largest absolute Gasteiger partial charge is 0.394 e. The third kappa shape index (κ3) is 4.09. The molecular formula is C17H21N3O2S. The number of aliphatic hydroxyl groups excluding tert-OH is 1. The van der Waals surface area contributed by atoms with Crippen molar-refractivity contribution in [3.05, 3.63) is 52.0 Å². The van der Waals surface area contributed by atoms with Gasteiger partial charge in [0.15, 0.2) is 0 Å². The summed E-state index contributed by atoms with van der Waals surface area (Å²) < 4.78 is 0. The average molecular weight is 331 g/mol. The Morgan fingerprint density at radius 2 is 2.09 bits per heavy atom. The second kappa shape index (κ2) is 7.10. The Morgan fingerprint density at radius 3 is 2.65 bits per heavy atom. The number of urea groups is 1. The van der Waals surface area contributed by atoms with Gasteiger partial charge in [0.05, 0.1) is 18.7 Å². The van der Waals surface area contributed by atoms with E-state index in [2.05, 4.69) is 15.6 Å². The smallest absolute Gasteiger partial charge is 0.315 e. The highest BCUT2D eigenvalue weighted by atomic mass is 32.1. The van der Waals surface area contributed by atoms with Crippen LogP contribution in [0.3, 0.4) is 0 Å². The van der Waals surface area contributed by atoms with Crippen LogP contribution in [0.25, 0.3) is 0 Å². The zero-order valence-electron chi connectivity index (χ0n) is 13.0. The molecule has 6 heteroatoms. The van der Waals surface area contributed by atoms with Crippen molar-refractivity contribution in [1.82, 2.24) is 15.6 Å². The van der Waals surface area contributed by atoms with Crippen molar-refractivity contribution in [2.45, 2.75) is 31.8 Å². The number of nitrogens with one attached hydrogen (secondary N) is 2. The maximum absolute atomic E-state index is 12.4. The molecule has 1 aliphatic rings. The van der Waals surface area contributed by atoms with E-state index >= 15 is 0 Å². The van der Waals surface area contributed by atoms with Crippen molar-refractivity contribution >= 4 is 17.4 Å². The standard InChI is InChI=1S/C17H21N3O2S/c1-11-9-18-16(23-11)15(13-7-8-13)20-17(22)19-14(10-21)12-5-3-2-4-6-12/h2-6,9,13-15,21H,7-8,10H2,1H3,(H2,19,20,22). The van der Waals surface area contributed by atoms with Gasteiger partial charge in [-0.25, -0.2) is 9.78 Å². The van der Waals surface area contributed by atoms with E-state index in [0.717, 1.165) is 28.3 Å². The van der Waals surface area contributed by atoms with Crippen molar-refractivity contribution in [1.29, 1.82) is 0 Å². The summed E-state index contributed by atoms with van der Waals surface area (Å²) in [6.45, 7) is 1.88. The lowest BCUT2D eigenvalue weighted by atomic mass is 10.1. The second-order valence-corrected chi connectivity index (χ2v) is 7.15. The van der Waals surface area contributed by atoms with E-state index in [1.807, 2.05) is 43.5 Å². The Balaban J connectivity index is 1.65. The van der Waals surface area contributed by atoms with Crippen LogP contribution in [0.2, 0.25) is 0 Å². The van der Waals surface area contributed by atoms with E-state index in [-0.39, 0.29) is 18.7 Å². The van der Waals surface area contributed by atoms with E-state index in [1.54, 1.807) is 11.3 Å². The molecule has 5 nitrogen and oxygen atoms in total. The van der Waals surface area contributed by atoms with Crippen LogP contribution in [0, 0.1) is 12.8 Å². The van der Waals surface area contributed by atoms with Crippen LogP contribution >= 0.6 is 11.3 Å². The number of thiazole rings is 1. The summed E-state index contributed by atoms with van der Waals surface area (Å²) >= 11 is 1.62. The van der Waals surface area contributed by atoms with Crippen LogP contribution in [-0.4, -0.2) is 22.7 Å². The lowest BCUT2D eigenvalue weighted by Gasteiger charge is -2.21. The Bertz CT molecular complexity index is 655. The van der Waals surface area contributed by atoms with E-state index in [1.165, 1.54) is 0 Å². The summed E-state index contributed by atoms with van der Waals surface area (Å²) in [5.41, 5.74) is 0.887. The number of rotatable bonds is 6. The predicted molar refractivity (Wildman–Crippen MR) is 90.3 cm³/mol. The van der Waals surface area contributed by atoms with E-state index in [0.29, 0.717) is 5.92 Å². The number of carbonyl (C=O) groups excluding carboxylic acids is 1. The number of hydrogen-bond acceptors (Lipinski definition) is 4. The summed E-state index contributed by atoms with van der Waals surface area (Å²) in [6, 6.07) is 8.76. The monoisotopic (exact) mass is 331 g/mol. The molecule has 23 heavy (non-hydrogen) atoms. The molecule has 1 aromatic heterocycles. The molecule has 122 valence electrons. The van der Waals surface area contributed by atoms with Crippen LogP contribution in [0.15, 0.2) is 36.5 Å². The van der Waals surface area contributed by atoms with Crippen molar-refractivity contribution in [2.24, 2.45) is 5.92 Å². The minimum Gasteiger partial charge on any atom is -0.394 e. The molecule has 0 radical (unpaired) electrons. The van der Waals surface area contributed by atoms with E-state index < -0.39 is 6.04 Å². The third-order valence-corrected chi connectivity index (χ3v) is 4.97. The number of aryl methyl sites for hydroxylation is 1. The normalized spacial score (nSPS) is 16.6. The number of aromatic nitrogens is 1. The summed E-state index contributed by atoms with van der Waals surface area (Å²) in [7, 11) is 0. The molecule has 2 unspecified atom stereocenters. The molecule has 0 aliphatic heterocycles. The van der Waals surface area contributed by atoms with Crippen LogP contribution < -0.4 is 10.6 Å². The molecule has 0 bridgehead atoms. The molecular weight excluding hydrogens is 310 g/mol. The maximum atomic E-state index is 12.4. The molecule has 3 rings (SSSR count). The highest BCUT2D eigenvalue weighted by Gasteiger charge is 2.35. The Hall–Kier alpha value is -1.92. The summed E-state index contributed by atoms with van der Waals surface area (Å²) in [5, 5.41) is 16.4. The SMILES string of the molecule is Cc1cnc(C(NC(=O)NC(CO)c2ccccc2)C2CC2)s1. The molecule has 0 spiro atoms. The highest BCUT2D eigenvalue weighted by molar-refractivity contribution is 7.11. The van der Waals surface area contributed by atoms with E-state index in [4.69, 9.17) is 0 Å². The second-order valence-electron chi connectivity index (χ2n) is 5.89. The van der Waals surface area contributed by atoms with Gasteiger partial charge in [0.2, 0.25) is 0 Å². The van der Waals surface area contributed by atoms with Crippen LogP contribution in [-0.2, 0) is 0 Å². The van der Waals surface area contributed by atoms with Gasteiger partial charge in [-0.15, -0.1) is 11.3 Å². The van der Waals surface area contributed by atoms with Gasteiger partial charge in [-0.3, -0.25) is 0 Å². The molecule has 0 saturated heterocycles. The molecule has 3 N–H and O–H groups in total. The number of aliphatic hydroxyl groups is 1. The molecule has 1 fully saturated rings. The molecule has 1 aliphatic carbocycles. The number of amides is 2. The third-order valence-electron chi connectivity index (χ3n) is 3.98. The molecule has 1 saturated carbocycles. The Morgan fingerprint density at radius 1 is 1.35 bits per heavy atom. The minimum atomic E-state index is -0.408. The van der Waals surface area contributed by atoms with E-state index in [9.17, 15) is 9.90 Å². The Kier molecular flexibility index (Phi) is 4.93. The predicted octanol–water partition coefficient (Wildman–Crippen LogP) is 2.94. The molecule has 1 aromatic carbocycles. The van der Waals surface area contributed by atoms with Crippen LogP contribution in [0.5, 0.6) is 0 Å². The van der Waals surface area contributed by atoms with Gasteiger partial charge in [-0.05, 0) is 31.2 Å². The molecule has 2 amide bonds. The molecule has 2 atom stereocenters.